The monoisotopic (exact) mass is 384 g/mol. The maximum Gasteiger partial charge on any atom is 0.263 e. The number of benzene rings is 3. The van der Waals surface area contributed by atoms with Crippen molar-refractivity contribution in [1.82, 2.24) is 4.90 Å². The highest BCUT2D eigenvalue weighted by Gasteiger charge is 2.37. The van der Waals surface area contributed by atoms with E-state index in [1.165, 1.54) is 4.90 Å². The summed E-state index contributed by atoms with van der Waals surface area (Å²) in [6, 6.07) is 23.6. The van der Waals surface area contributed by atoms with E-state index >= 15 is 0 Å². The zero-order valence-electron chi connectivity index (χ0n) is 16.0. The third kappa shape index (κ3) is 3.67. The van der Waals surface area contributed by atoms with Gasteiger partial charge in [0.2, 0.25) is 5.91 Å². The summed E-state index contributed by atoms with van der Waals surface area (Å²) in [5.74, 6) is -0.943. The molecule has 0 aliphatic carbocycles. The Morgan fingerprint density at radius 2 is 1.34 bits per heavy atom. The highest BCUT2D eigenvalue weighted by molar-refractivity contribution is 6.21. The minimum atomic E-state index is -0.379. The van der Waals surface area contributed by atoms with Gasteiger partial charge < -0.3 is 0 Å². The van der Waals surface area contributed by atoms with Crippen LogP contribution in [0.1, 0.15) is 31.8 Å². The molecular weight excluding hydrogens is 364 g/mol. The maximum atomic E-state index is 13.1. The number of nitrogens with zero attached hydrogens (tertiary/aromatic N) is 2. The highest BCUT2D eigenvalue weighted by Crippen LogP contribution is 2.25. The summed E-state index contributed by atoms with van der Waals surface area (Å²) in [7, 11) is 0. The molecule has 3 amide bonds. The van der Waals surface area contributed by atoms with Crippen LogP contribution in [0.5, 0.6) is 0 Å². The van der Waals surface area contributed by atoms with E-state index in [4.69, 9.17) is 0 Å². The van der Waals surface area contributed by atoms with E-state index in [9.17, 15) is 14.4 Å². The van der Waals surface area contributed by atoms with Gasteiger partial charge in [0.05, 0.1) is 17.5 Å². The molecule has 0 N–H and O–H groups in total. The number of carbonyl (C=O) groups excluding carboxylic acids is 3. The van der Waals surface area contributed by atoms with Gasteiger partial charge >= 0.3 is 0 Å². The van der Waals surface area contributed by atoms with Gasteiger partial charge in [-0.1, -0.05) is 60.2 Å². The molecule has 3 aromatic rings. The van der Waals surface area contributed by atoms with Gasteiger partial charge in [0.1, 0.15) is 6.67 Å². The first-order valence-corrected chi connectivity index (χ1v) is 9.41. The topological polar surface area (TPSA) is 57.7 Å². The van der Waals surface area contributed by atoms with Gasteiger partial charge in [0.15, 0.2) is 0 Å². The first kappa shape index (κ1) is 18.6. The number of rotatable bonds is 5. The van der Waals surface area contributed by atoms with Gasteiger partial charge in [-0.25, -0.2) is 0 Å². The van der Waals surface area contributed by atoms with Crippen molar-refractivity contribution >= 4 is 23.4 Å². The molecule has 4 rings (SSSR count). The molecule has 5 nitrogen and oxygen atoms in total. The third-order valence-electron chi connectivity index (χ3n) is 5.01. The largest absolute Gasteiger partial charge is 0.293 e. The quantitative estimate of drug-likeness (QED) is 0.629. The van der Waals surface area contributed by atoms with Crippen LogP contribution in [0.15, 0.2) is 78.9 Å². The molecule has 0 saturated carbocycles. The number of fused-ring (bicyclic) bond motifs is 1. The Morgan fingerprint density at radius 1 is 0.793 bits per heavy atom. The Labute approximate surface area is 169 Å². The molecule has 3 aromatic carbocycles. The van der Waals surface area contributed by atoms with Crippen molar-refractivity contribution in [3.8, 4) is 0 Å². The molecule has 5 heteroatoms. The van der Waals surface area contributed by atoms with E-state index in [2.05, 4.69) is 0 Å². The number of aryl methyl sites for hydroxylation is 1. The zero-order chi connectivity index (χ0) is 20.4. The average molecular weight is 384 g/mol. The number of hydrogen-bond acceptors (Lipinski definition) is 3. The molecular formula is C24H20N2O3. The molecule has 29 heavy (non-hydrogen) atoms. The van der Waals surface area contributed by atoms with Gasteiger partial charge in [-0.2, -0.15) is 0 Å². The Morgan fingerprint density at radius 3 is 1.93 bits per heavy atom. The van der Waals surface area contributed by atoms with E-state index in [-0.39, 0.29) is 30.8 Å². The first-order chi connectivity index (χ1) is 14.0. The van der Waals surface area contributed by atoms with Crippen molar-refractivity contribution in [2.45, 2.75) is 13.3 Å². The second-order valence-electron chi connectivity index (χ2n) is 7.05. The van der Waals surface area contributed by atoms with E-state index < -0.39 is 0 Å². The Kier molecular flexibility index (Phi) is 4.96. The summed E-state index contributed by atoms with van der Waals surface area (Å²) >= 11 is 0. The fourth-order valence-corrected chi connectivity index (χ4v) is 3.40. The van der Waals surface area contributed by atoms with Crippen molar-refractivity contribution in [2.24, 2.45) is 0 Å². The first-order valence-electron chi connectivity index (χ1n) is 9.41. The van der Waals surface area contributed by atoms with Gasteiger partial charge in [0, 0.05) is 5.69 Å². The fraction of sp³-hybridized carbons (Fsp3) is 0.125. The van der Waals surface area contributed by atoms with E-state index in [1.54, 1.807) is 24.3 Å². The molecule has 144 valence electrons. The third-order valence-corrected chi connectivity index (χ3v) is 5.01. The van der Waals surface area contributed by atoms with E-state index in [0.29, 0.717) is 16.8 Å². The maximum absolute atomic E-state index is 13.1. The predicted octanol–water partition coefficient (Wildman–Crippen LogP) is 3.82. The van der Waals surface area contributed by atoms with Crippen LogP contribution in [0.25, 0.3) is 0 Å². The summed E-state index contributed by atoms with van der Waals surface area (Å²) in [6.07, 6.45) is 0.178. The smallest absolute Gasteiger partial charge is 0.263 e. The van der Waals surface area contributed by atoms with E-state index in [1.807, 2.05) is 61.5 Å². The molecule has 0 bridgehead atoms. The van der Waals surface area contributed by atoms with Crippen LogP contribution in [0.2, 0.25) is 0 Å². The summed E-state index contributed by atoms with van der Waals surface area (Å²) < 4.78 is 0. The van der Waals surface area contributed by atoms with Crippen LogP contribution in [0.3, 0.4) is 0 Å². The lowest BCUT2D eigenvalue weighted by Gasteiger charge is -2.27. The minimum Gasteiger partial charge on any atom is -0.293 e. The van der Waals surface area contributed by atoms with E-state index in [0.717, 1.165) is 16.0 Å². The van der Waals surface area contributed by atoms with Crippen LogP contribution in [0, 0.1) is 6.92 Å². The molecule has 0 spiro atoms. The van der Waals surface area contributed by atoms with Crippen LogP contribution >= 0.6 is 0 Å². The lowest BCUT2D eigenvalue weighted by atomic mass is 10.1. The second kappa shape index (κ2) is 7.72. The van der Waals surface area contributed by atoms with Gasteiger partial charge in [0.25, 0.3) is 11.8 Å². The SMILES string of the molecule is Cc1ccc(N(CN2C(=O)c3ccccc3C2=O)C(=O)Cc2ccccc2)cc1. The fourth-order valence-electron chi connectivity index (χ4n) is 3.40. The standard InChI is InChI=1S/C24H20N2O3/c1-17-11-13-19(14-12-17)25(22(27)15-18-7-3-2-4-8-18)16-26-23(28)20-9-5-6-10-21(20)24(26)29/h2-14H,15-16H2,1H3. The molecule has 1 aliphatic rings. The van der Waals surface area contributed by atoms with Crippen LogP contribution < -0.4 is 4.90 Å². The normalized spacial score (nSPS) is 12.8. The van der Waals surface area contributed by atoms with Crippen molar-refractivity contribution in [1.29, 1.82) is 0 Å². The molecule has 1 heterocycles. The average Bonchev–Trinajstić information content (AvgIpc) is 2.98. The number of amides is 3. The Balaban J connectivity index is 1.64. The number of anilines is 1. The molecule has 0 saturated heterocycles. The minimum absolute atomic E-state index is 0.124. The molecule has 0 fully saturated rings. The predicted molar refractivity (Wildman–Crippen MR) is 111 cm³/mol. The van der Waals surface area contributed by atoms with Crippen LogP contribution in [0.4, 0.5) is 5.69 Å². The molecule has 0 radical (unpaired) electrons. The summed E-state index contributed by atoms with van der Waals surface area (Å²) in [5, 5.41) is 0. The lowest BCUT2D eigenvalue weighted by molar-refractivity contribution is -0.118. The summed E-state index contributed by atoms with van der Waals surface area (Å²) in [4.78, 5) is 41.3. The van der Waals surface area contributed by atoms with Gasteiger partial charge in [-0.15, -0.1) is 0 Å². The number of imide groups is 1. The second-order valence-corrected chi connectivity index (χ2v) is 7.05. The van der Waals surface area contributed by atoms with Crippen LogP contribution in [-0.2, 0) is 11.2 Å². The van der Waals surface area contributed by atoms with Crippen molar-refractivity contribution in [3.05, 3.63) is 101 Å². The number of hydrogen-bond donors (Lipinski definition) is 0. The van der Waals surface area contributed by atoms with Gasteiger partial charge in [-0.05, 0) is 36.8 Å². The van der Waals surface area contributed by atoms with Crippen molar-refractivity contribution in [2.75, 3.05) is 11.6 Å². The highest BCUT2D eigenvalue weighted by atomic mass is 16.2. The summed E-state index contributed by atoms with van der Waals surface area (Å²) in [6.45, 7) is 1.84. The molecule has 0 atom stereocenters. The number of carbonyl (C=O) groups is 3. The van der Waals surface area contributed by atoms with Crippen molar-refractivity contribution in [3.63, 3.8) is 0 Å². The van der Waals surface area contributed by atoms with Crippen molar-refractivity contribution < 1.29 is 14.4 Å². The molecule has 0 unspecified atom stereocenters. The zero-order valence-corrected chi connectivity index (χ0v) is 16.0. The molecule has 0 aromatic heterocycles. The summed E-state index contributed by atoms with van der Waals surface area (Å²) in [5.41, 5.74) is 3.32. The Hall–Kier alpha value is -3.73. The lowest BCUT2D eigenvalue weighted by Crippen LogP contribution is -2.45. The molecule has 1 aliphatic heterocycles. The Bertz CT molecular complexity index is 1040. The van der Waals surface area contributed by atoms with Gasteiger partial charge in [-0.3, -0.25) is 24.2 Å². The van der Waals surface area contributed by atoms with Crippen LogP contribution in [-0.4, -0.2) is 29.3 Å².